The normalized spacial score (nSPS) is 13.0. The highest BCUT2D eigenvalue weighted by Gasteiger charge is 2.05. The Kier molecular flexibility index (Phi) is 2.71. The van der Waals surface area contributed by atoms with E-state index in [9.17, 15) is 5.11 Å². The van der Waals surface area contributed by atoms with Crippen molar-refractivity contribution in [1.82, 2.24) is 0 Å². The highest BCUT2D eigenvalue weighted by atomic mass is 16.3. The van der Waals surface area contributed by atoms with Crippen molar-refractivity contribution in [3.05, 3.63) is 47.5 Å². The number of rotatable bonds is 2. The van der Waals surface area contributed by atoms with Crippen LogP contribution in [-0.2, 0) is 0 Å². The second-order valence-corrected chi connectivity index (χ2v) is 3.81. The summed E-state index contributed by atoms with van der Waals surface area (Å²) in [6.07, 6.45) is -0.782. The van der Waals surface area contributed by atoms with E-state index in [2.05, 4.69) is 13.0 Å². The SMILES string of the molecule is Cc1ccc2cc(C(O)CO)ccc2c1. The molecule has 15 heavy (non-hydrogen) atoms. The molecule has 2 N–H and O–H groups in total. The summed E-state index contributed by atoms with van der Waals surface area (Å²) in [7, 11) is 0. The molecule has 0 bridgehead atoms. The van der Waals surface area contributed by atoms with Gasteiger partial charge in [-0.1, -0.05) is 35.9 Å². The first-order valence-electron chi connectivity index (χ1n) is 5.00. The smallest absolute Gasteiger partial charge is 0.102 e. The molecule has 0 amide bonds. The summed E-state index contributed by atoms with van der Waals surface area (Å²) < 4.78 is 0. The lowest BCUT2D eigenvalue weighted by molar-refractivity contribution is 0.0957. The Bertz CT molecular complexity index is 477. The molecular formula is C13H14O2. The highest BCUT2D eigenvalue weighted by molar-refractivity contribution is 5.83. The highest BCUT2D eigenvalue weighted by Crippen LogP contribution is 2.21. The second kappa shape index (κ2) is 4.01. The maximum Gasteiger partial charge on any atom is 0.102 e. The fourth-order valence-electron chi connectivity index (χ4n) is 1.70. The molecule has 0 fully saturated rings. The van der Waals surface area contributed by atoms with Crippen LogP contribution < -0.4 is 0 Å². The van der Waals surface area contributed by atoms with E-state index in [-0.39, 0.29) is 6.61 Å². The Morgan fingerprint density at radius 3 is 2.47 bits per heavy atom. The van der Waals surface area contributed by atoms with Gasteiger partial charge in [-0.25, -0.2) is 0 Å². The fraction of sp³-hybridized carbons (Fsp3) is 0.231. The molecular weight excluding hydrogens is 188 g/mol. The van der Waals surface area contributed by atoms with Gasteiger partial charge in [0.2, 0.25) is 0 Å². The fourth-order valence-corrected chi connectivity index (χ4v) is 1.70. The maximum atomic E-state index is 9.49. The zero-order chi connectivity index (χ0) is 10.8. The zero-order valence-electron chi connectivity index (χ0n) is 8.64. The number of aryl methyl sites for hydroxylation is 1. The van der Waals surface area contributed by atoms with Gasteiger partial charge >= 0.3 is 0 Å². The van der Waals surface area contributed by atoms with Crippen molar-refractivity contribution in [3.63, 3.8) is 0 Å². The molecule has 1 atom stereocenters. The Morgan fingerprint density at radius 2 is 1.73 bits per heavy atom. The Hall–Kier alpha value is -1.38. The third kappa shape index (κ3) is 2.01. The molecule has 0 aliphatic rings. The first-order chi connectivity index (χ1) is 7.20. The molecule has 0 heterocycles. The Labute approximate surface area is 88.8 Å². The minimum atomic E-state index is -0.782. The first-order valence-corrected chi connectivity index (χ1v) is 5.00. The molecule has 0 radical (unpaired) electrons. The quantitative estimate of drug-likeness (QED) is 0.783. The average molecular weight is 202 g/mol. The standard InChI is InChI=1S/C13H14O2/c1-9-2-3-11-7-12(13(15)8-14)5-4-10(11)6-9/h2-7,13-15H,8H2,1H3. The Balaban J connectivity index is 2.52. The van der Waals surface area contributed by atoms with E-state index in [0.29, 0.717) is 0 Å². The number of benzene rings is 2. The van der Waals surface area contributed by atoms with E-state index in [1.807, 2.05) is 30.3 Å². The molecule has 1 unspecified atom stereocenters. The predicted molar refractivity (Wildman–Crippen MR) is 60.7 cm³/mol. The van der Waals surface area contributed by atoms with Gasteiger partial charge in [-0.15, -0.1) is 0 Å². The molecule has 0 saturated heterocycles. The zero-order valence-corrected chi connectivity index (χ0v) is 8.64. The molecule has 0 saturated carbocycles. The van der Waals surface area contributed by atoms with Crippen LogP contribution in [0.3, 0.4) is 0 Å². The van der Waals surface area contributed by atoms with Crippen LogP contribution in [0.2, 0.25) is 0 Å². The summed E-state index contributed by atoms with van der Waals surface area (Å²) in [6.45, 7) is 1.81. The maximum absolute atomic E-state index is 9.49. The van der Waals surface area contributed by atoms with Crippen LogP contribution in [0.1, 0.15) is 17.2 Å². The number of hydrogen-bond acceptors (Lipinski definition) is 2. The van der Waals surface area contributed by atoms with Gasteiger partial charge < -0.3 is 10.2 Å². The molecule has 78 valence electrons. The van der Waals surface area contributed by atoms with Crippen LogP contribution in [-0.4, -0.2) is 16.8 Å². The minimum absolute atomic E-state index is 0.239. The van der Waals surface area contributed by atoms with Crippen LogP contribution in [0, 0.1) is 6.92 Å². The van der Waals surface area contributed by atoms with Crippen molar-refractivity contribution in [2.45, 2.75) is 13.0 Å². The van der Waals surface area contributed by atoms with E-state index in [1.165, 1.54) is 5.56 Å². The summed E-state index contributed by atoms with van der Waals surface area (Å²) in [4.78, 5) is 0. The molecule has 2 aromatic rings. The van der Waals surface area contributed by atoms with Crippen molar-refractivity contribution in [2.75, 3.05) is 6.61 Å². The number of hydrogen-bond donors (Lipinski definition) is 2. The van der Waals surface area contributed by atoms with Crippen LogP contribution in [0.15, 0.2) is 36.4 Å². The van der Waals surface area contributed by atoms with E-state index in [0.717, 1.165) is 16.3 Å². The van der Waals surface area contributed by atoms with Crippen molar-refractivity contribution >= 4 is 10.8 Å². The van der Waals surface area contributed by atoms with Gasteiger partial charge in [0.25, 0.3) is 0 Å². The minimum Gasteiger partial charge on any atom is -0.393 e. The third-order valence-electron chi connectivity index (χ3n) is 2.58. The number of aliphatic hydroxyl groups is 2. The molecule has 0 spiro atoms. The summed E-state index contributed by atoms with van der Waals surface area (Å²) in [5, 5.41) is 20.6. The van der Waals surface area contributed by atoms with Gasteiger partial charge in [0.05, 0.1) is 6.61 Å². The van der Waals surface area contributed by atoms with E-state index in [1.54, 1.807) is 0 Å². The van der Waals surface area contributed by atoms with Crippen LogP contribution >= 0.6 is 0 Å². The van der Waals surface area contributed by atoms with Gasteiger partial charge in [-0.2, -0.15) is 0 Å². The third-order valence-corrected chi connectivity index (χ3v) is 2.58. The van der Waals surface area contributed by atoms with E-state index in [4.69, 9.17) is 5.11 Å². The molecule has 2 rings (SSSR count). The van der Waals surface area contributed by atoms with Crippen molar-refractivity contribution < 1.29 is 10.2 Å². The molecule has 2 nitrogen and oxygen atoms in total. The summed E-state index contributed by atoms with van der Waals surface area (Å²) in [5.41, 5.74) is 1.98. The first kappa shape index (κ1) is 10.1. The van der Waals surface area contributed by atoms with Crippen LogP contribution in [0.5, 0.6) is 0 Å². The van der Waals surface area contributed by atoms with E-state index >= 15 is 0 Å². The average Bonchev–Trinajstić information content (AvgIpc) is 2.27. The van der Waals surface area contributed by atoms with Crippen molar-refractivity contribution in [3.8, 4) is 0 Å². The van der Waals surface area contributed by atoms with Gasteiger partial charge in [0, 0.05) is 0 Å². The summed E-state index contributed by atoms with van der Waals surface area (Å²) in [6, 6.07) is 11.9. The molecule has 2 aromatic carbocycles. The molecule has 0 aromatic heterocycles. The largest absolute Gasteiger partial charge is 0.393 e. The molecule has 2 heteroatoms. The number of aliphatic hydroxyl groups excluding tert-OH is 2. The number of fused-ring (bicyclic) bond motifs is 1. The van der Waals surface area contributed by atoms with Crippen molar-refractivity contribution in [2.24, 2.45) is 0 Å². The lowest BCUT2D eigenvalue weighted by Crippen LogP contribution is -2.01. The lowest BCUT2D eigenvalue weighted by atomic mass is 10.0. The molecule has 0 aliphatic carbocycles. The molecule has 0 aliphatic heterocycles. The monoisotopic (exact) mass is 202 g/mol. The van der Waals surface area contributed by atoms with Crippen molar-refractivity contribution in [1.29, 1.82) is 0 Å². The van der Waals surface area contributed by atoms with Crippen LogP contribution in [0.4, 0.5) is 0 Å². The predicted octanol–water partition coefficient (Wildman–Crippen LogP) is 2.17. The summed E-state index contributed by atoms with van der Waals surface area (Å²) in [5.74, 6) is 0. The van der Waals surface area contributed by atoms with Gasteiger partial charge in [0.15, 0.2) is 0 Å². The van der Waals surface area contributed by atoms with Crippen LogP contribution in [0.25, 0.3) is 10.8 Å². The topological polar surface area (TPSA) is 40.5 Å². The van der Waals surface area contributed by atoms with Gasteiger partial charge in [-0.3, -0.25) is 0 Å². The van der Waals surface area contributed by atoms with Gasteiger partial charge in [-0.05, 0) is 29.3 Å². The van der Waals surface area contributed by atoms with Gasteiger partial charge in [0.1, 0.15) is 6.10 Å². The second-order valence-electron chi connectivity index (χ2n) is 3.81. The summed E-state index contributed by atoms with van der Waals surface area (Å²) >= 11 is 0. The Morgan fingerprint density at radius 1 is 1.07 bits per heavy atom. The van der Waals surface area contributed by atoms with E-state index < -0.39 is 6.10 Å². The lowest BCUT2D eigenvalue weighted by Gasteiger charge is -2.08.